The number of methoxy groups -OCH3 is 3. The molecule has 1 N–H and O–H groups in total. The van der Waals surface area contributed by atoms with Crippen molar-refractivity contribution in [3.05, 3.63) is 76.7 Å². The van der Waals surface area contributed by atoms with E-state index in [1.54, 1.807) is 57.7 Å². The number of sulfone groups is 1. The summed E-state index contributed by atoms with van der Waals surface area (Å²) in [4.78, 5) is 10.5. The van der Waals surface area contributed by atoms with Gasteiger partial charge < -0.3 is 33.7 Å². The number of hydrogen-bond acceptors (Lipinski definition) is 10. The number of benzene rings is 3. The molecule has 0 saturated heterocycles. The second-order valence-electron chi connectivity index (χ2n) is 8.89. The SMILES string of the molecule is CCOc1cc(C=O)ccc1OC.CCOc1cc(CN/C(=C\S(C)(=O)=O)c2ccc(OC)c(OCC)c2)ccc1OC. The summed E-state index contributed by atoms with van der Waals surface area (Å²) in [6.07, 6.45) is 1.93. The summed E-state index contributed by atoms with van der Waals surface area (Å²) in [6, 6.07) is 15.9. The standard InChI is InChI=1S/C22H29NO6S.C10H12O3/c1-6-28-21-12-16(8-10-19(21)26-3)14-23-18(15-30(5,24)25)17-9-11-20(27-4)22(13-17)29-7-2;1-3-13-10-6-8(7-11)4-5-9(10)12-2/h8-13,15,23H,6-7,14H2,1-5H3;4-7H,3H2,1-2H3/b18-15-;. The lowest BCUT2D eigenvalue weighted by atomic mass is 10.1. The van der Waals surface area contributed by atoms with Crippen LogP contribution < -0.4 is 33.7 Å². The van der Waals surface area contributed by atoms with Crippen LogP contribution in [0.1, 0.15) is 42.3 Å². The fourth-order valence-electron chi connectivity index (χ4n) is 3.87. The predicted molar refractivity (Wildman–Crippen MR) is 168 cm³/mol. The van der Waals surface area contributed by atoms with Crippen molar-refractivity contribution in [1.29, 1.82) is 0 Å². The molecule has 0 amide bonds. The van der Waals surface area contributed by atoms with Crippen LogP contribution in [0.4, 0.5) is 0 Å². The topological polar surface area (TPSA) is 119 Å². The van der Waals surface area contributed by atoms with Gasteiger partial charge in [-0.1, -0.05) is 6.07 Å². The number of nitrogens with one attached hydrogen (secondary N) is 1. The maximum Gasteiger partial charge on any atom is 0.170 e. The van der Waals surface area contributed by atoms with Crippen molar-refractivity contribution < 1.29 is 41.6 Å². The smallest absolute Gasteiger partial charge is 0.170 e. The first-order valence-electron chi connectivity index (χ1n) is 13.6. The molecular formula is C32H41NO9S. The van der Waals surface area contributed by atoms with Crippen molar-refractivity contribution in [1.82, 2.24) is 5.32 Å². The van der Waals surface area contributed by atoms with Crippen LogP contribution in [0.5, 0.6) is 34.5 Å². The third-order valence-electron chi connectivity index (χ3n) is 5.74. The minimum absolute atomic E-state index is 0.390. The van der Waals surface area contributed by atoms with Gasteiger partial charge in [-0.25, -0.2) is 8.42 Å². The van der Waals surface area contributed by atoms with E-state index >= 15 is 0 Å². The lowest BCUT2D eigenvalue weighted by Gasteiger charge is -2.16. The van der Waals surface area contributed by atoms with E-state index in [4.69, 9.17) is 28.4 Å². The molecule has 0 saturated carbocycles. The molecule has 0 radical (unpaired) electrons. The van der Waals surface area contributed by atoms with Gasteiger partial charge in [-0.3, -0.25) is 4.79 Å². The number of aldehydes is 1. The minimum atomic E-state index is -3.39. The monoisotopic (exact) mass is 615 g/mol. The number of carbonyl (C=O) groups excluding carboxylic acids is 1. The van der Waals surface area contributed by atoms with Gasteiger partial charge in [0.1, 0.15) is 6.29 Å². The van der Waals surface area contributed by atoms with Crippen molar-refractivity contribution in [2.45, 2.75) is 27.3 Å². The van der Waals surface area contributed by atoms with Gasteiger partial charge in [0.2, 0.25) is 0 Å². The zero-order chi connectivity index (χ0) is 31.8. The molecule has 0 fully saturated rings. The molecule has 0 aromatic heterocycles. The zero-order valence-electron chi connectivity index (χ0n) is 25.8. The second kappa shape index (κ2) is 17.5. The Bertz CT molecular complexity index is 1470. The third-order valence-corrected chi connectivity index (χ3v) is 6.40. The number of hydrogen-bond donors (Lipinski definition) is 1. The maximum atomic E-state index is 12.0. The van der Waals surface area contributed by atoms with Gasteiger partial charge in [-0.15, -0.1) is 0 Å². The molecule has 0 atom stereocenters. The summed E-state index contributed by atoms with van der Waals surface area (Å²) < 4.78 is 56.1. The molecule has 0 bridgehead atoms. The Morgan fingerprint density at radius 3 is 1.67 bits per heavy atom. The van der Waals surface area contributed by atoms with Gasteiger partial charge >= 0.3 is 0 Å². The van der Waals surface area contributed by atoms with E-state index in [0.29, 0.717) is 77.7 Å². The summed E-state index contributed by atoms with van der Waals surface area (Å²) in [5.41, 5.74) is 2.62. The van der Waals surface area contributed by atoms with Gasteiger partial charge in [0.15, 0.2) is 44.3 Å². The molecule has 0 heterocycles. The average Bonchev–Trinajstić information content (AvgIpc) is 2.99. The van der Waals surface area contributed by atoms with Crippen molar-refractivity contribution in [2.24, 2.45) is 0 Å². The average molecular weight is 616 g/mol. The largest absolute Gasteiger partial charge is 0.493 e. The molecule has 0 aliphatic heterocycles. The molecule has 10 nitrogen and oxygen atoms in total. The Morgan fingerprint density at radius 2 is 1.19 bits per heavy atom. The maximum absolute atomic E-state index is 12.0. The van der Waals surface area contributed by atoms with Gasteiger partial charge in [-0.05, 0) is 74.9 Å². The Hall–Kier alpha value is -4.38. The Labute approximate surface area is 254 Å². The summed E-state index contributed by atoms with van der Waals surface area (Å²) in [5, 5.41) is 4.42. The van der Waals surface area contributed by atoms with Crippen molar-refractivity contribution in [2.75, 3.05) is 47.4 Å². The van der Waals surface area contributed by atoms with E-state index in [9.17, 15) is 13.2 Å². The summed E-state index contributed by atoms with van der Waals surface area (Å²) >= 11 is 0. The number of carbonyl (C=O) groups is 1. The van der Waals surface area contributed by atoms with Crippen LogP contribution in [0.25, 0.3) is 5.70 Å². The van der Waals surface area contributed by atoms with E-state index in [1.807, 2.05) is 39.0 Å². The Balaban J connectivity index is 0.000000413. The molecule has 43 heavy (non-hydrogen) atoms. The second-order valence-corrected chi connectivity index (χ2v) is 10.8. The van der Waals surface area contributed by atoms with E-state index in [0.717, 1.165) is 18.1 Å². The van der Waals surface area contributed by atoms with Gasteiger partial charge in [-0.2, -0.15) is 0 Å². The first-order valence-corrected chi connectivity index (χ1v) is 15.6. The van der Waals surface area contributed by atoms with E-state index in [1.165, 1.54) is 5.41 Å². The molecule has 0 unspecified atom stereocenters. The minimum Gasteiger partial charge on any atom is -0.493 e. The molecule has 3 aromatic rings. The van der Waals surface area contributed by atoms with Crippen LogP contribution in [0.2, 0.25) is 0 Å². The van der Waals surface area contributed by atoms with Crippen LogP contribution in [0.3, 0.4) is 0 Å². The highest BCUT2D eigenvalue weighted by Gasteiger charge is 2.12. The van der Waals surface area contributed by atoms with Crippen molar-refractivity contribution in [3.8, 4) is 34.5 Å². The third kappa shape index (κ3) is 11.1. The quantitative estimate of drug-likeness (QED) is 0.218. The molecule has 3 aromatic carbocycles. The van der Waals surface area contributed by atoms with Crippen LogP contribution in [-0.4, -0.2) is 62.1 Å². The normalized spacial score (nSPS) is 11.0. The number of ether oxygens (including phenoxy) is 6. The zero-order valence-corrected chi connectivity index (χ0v) is 26.6. The molecule has 3 rings (SSSR count). The molecule has 0 aliphatic rings. The lowest BCUT2D eigenvalue weighted by molar-refractivity contribution is 0.112. The first kappa shape index (κ1) is 34.8. The van der Waals surface area contributed by atoms with Gasteiger partial charge in [0.25, 0.3) is 0 Å². The highest BCUT2D eigenvalue weighted by Crippen LogP contribution is 2.32. The van der Waals surface area contributed by atoms with Crippen molar-refractivity contribution >= 4 is 21.8 Å². The van der Waals surface area contributed by atoms with Crippen molar-refractivity contribution in [3.63, 3.8) is 0 Å². The Kier molecular flexibility index (Phi) is 14.2. The van der Waals surface area contributed by atoms with Crippen LogP contribution in [0.15, 0.2) is 60.0 Å². The highest BCUT2D eigenvalue weighted by atomic mass is 32.2. The van der Waals surface area contributed by atoms with Crippen LogP contribution >= 0.6 is 0 Å². The summed E-state index contributed by atoms with van der Waals surface area (Å²) in [5.74, 6) is 3.65. The number of rotatable bonds is 15. The van der Waals surface area contributed by atoms with Gasteiger partial charge in [0.05, 0.1) is 52.3 Å². The molecule has 234 valence electrons. The summed E-state index contributed by atoms with van der Waals surface area (Å²) in [6.45, 7) is 7.57. The first-order chi connectivity index (χ1) is 20.6. The fourth-order valence-corrected chi connectivity index (χ4v) is 4.52. The fraction of sp³-hybridized carbons (Fsp3) is 0.344. The molecule has 11 heteroatoms. The molecular weight excluding hydrogens is 574 g/mol. The highest BCUT2D eigenvalue weighted by molar-refractivity contribution is 7.93. The predicted octanol–water partition coefficient (Wildman–Crippen LogP) is 5.54. The Morgan fingerprint density at radius 1 is 0.698 bits per heavy atom. The lowest BCUT2D eigenvalue weighted by Crippen LogP contribution is -2.14. The molecule has 0 aliphatic carbocycles. The van der Waals surface area contributed by atoms with Gasteiger partial charge in [0, 0.05) is 23.9 Å². The van der Waals surface area contributed by atoms with Crippen LogP contribution in [-0.2, 0) is 16.4 Å². The van der Waals surface area contributed by atoms with E-state index < -0.39 is 9.84 Å². The molecule has 0 spiro atoms. The summed E-state index contributed by atoms with van der Waals surface area (Å²) in [7, 11) is 1.33. The van der Waals surface area contributed by atoms with Crippen LogP contribution in [0, 0.1) is 0 Å². The van der Waals surface area contributed by atoms with E-state index in [-0.39, 0.29) is 0 Å². The van der Waals surface area contributed by atoms with E-state index in [2.05, 4.69) is 5.32 Å².